The number of aromatic nitrogens is 1. The zero-order chi connectivity index (χ0) is 14.3. The van der Waals surface area contributed by atoms with Crippen LogP contribution in [0.2, 0.25) is 0 Å². The summed E-state index contributed by atoms with van der Waals surface area (Å²) < 4.78 is 5.64. The predicted octanol–water partition coefficient (Wildman–Crippen LogP) is 3.69. The largest absolute Gasteiger partial charge is 0.493 e. The zero-order valence-electron chi connectivity index (χ0n) is 12.1. The van der Waals surface area contributed by atoms with Crippen LogP contribution in [0.1, 0.15) is 45.2 Å². The molecule has 0 amide bonds. The fraction of sp³-hybridized carbons (Fsp3) is 0.353. The molecular formula is C17H19NO2. The van der Waals surface area contributed by atoms with Crippen LogP contribution >= 0.6 is 0 Å². The Morgan fingerprint density at radius 2 is 1.95 bits per heavy atom. The molecule has 1 unspecified atom stereocenters. The third-order valence-corrected chi connectivity index (χ3v) is 4.33. The van der Waals surface area contributed by atoms with E-state index in [0.29, 0.717) is 6.61 Å². The van der Waals surface area contributed by atoms with Crippen LogP contribution in [0.4, 0.5) is 0 Å². The SMILES string of the molecule is Cc1[nH]c(C(=O)C2CCOc3ccccc32)c(C)c1C. The molecule has 1 aromatic heterocycles. The normalized spacial score (nSPS) is 17.4. The predicted molar refractivity (Wildman–Crippen MR) is 78.6 cm³/mol. The van der Waals surface area contributed by atoms with Crippen molar-refractivity contribution in [3.63, 3.8) is 0 Å². The van der Waals surface area contributed by atoms with E-state index in [-0.39, 0.29) is 11.7 Å². The summed E-state index contributed by atoms with van der Waals surface area (Å²) in [6, 6.07) is 7.84. The Hall–Kier alpha value is -2.03. The van der Waals surface area contributed by atoms with Crippen molar-refractivity contribution in [3.8, 4) is 5.75 Å². The van der Waals surface area contributed by atoms with Crippen molar-refractivity contribution in [2.24, 2.45) is 0 Å². The number of hydrogen-bond acceptors (Lipinski definition) is 2. The number of Topliss-reactive ketones (excluding diaryl/α,β-unsaturated/α-hetero) is 1. The third kappa shape index (κ3) is 1.94. The molecule has 1 atom stereocenters. The van der Waals surface area contributed by atoms with E-state index in [0.717, 1.165) is 34.7 Å². The minimum Gasteiger partial charge on any atom is -0.493 e. The molecule has 0 fully saturated rings. The summed E-state index contributed by atoms with van der Waals surface area (Å²) in [7, 11) is 0. The number of carbonyl (C=O) groups excluding carboxylic acids is 1. The Labute approximate surface area is 119 Å². The highest BCUT2D eigenvalue weighted by Gasteiger charge is 2.30. The molecular weight excluding hydrogens is 250 g/mol. The minimum absolute atomic E-state index is 0.101. The number of para-hydroxylation sites is 1. The van der Waals surface area contributed by atoms with Crippen molar-refractivity contribution in [1.82, 2.24) is 4.98 Å². The Morgan fingerprint density at radius 1 is 1.20 bits per heavy atom. The summed E-state index contributed by atoms with van der Waals surface area (Å²) in [4.78, 5) is 16.1. The highest BCUT2D eigenvalue weighted by atomic mass is 16.5. The number of hydrogen-bond donors (Lipinski definition) is 1. The van der Waals surface area contributed by atoms with Crippen LogP contribution in [0.15, 0.2) is 24.3 Å². The summed E-state index contributed by atoms with van der Waals surface area (Å²) in [6.07, 6.45) is 0.742. The fourth-order valence-electron chi connectivity index (χ4n) is 2.88. The van der Waals surface area contributed by atoms with E-state index < -0.39 is 0 Å². The van der Waals surface area contributed by atoms with Gasteiger partial charge in [-0.2, -0.15) is 0 Å². The number of nitrogens with one attached hydrogen (secondary N) is 1. The molecule has 1 aliphatic rings. The molecule has 3 rings (SSSR count). The summed E-state index contributed by atoms with van der Waals surface area (Å²) in [5, 5.41) is 0. The first-order valence-corrected chi connectivity index (χ1v) is 7.01. The Bertz CT molecular complexity index is 670. The molecule has 0 bridgehead atoms. The Morgan fingerprint density at radius 3 is 2.65 bits per heavy atom. The monoisotopic (exact) mass is 269 g/mol. The highest BCUT2D eigenvalue weighted by molar-refractivity contribution is 6.01. The molecule has 1 N–H and O–H groups in total. The molecule has 0 spiro atoms. The second-order valence-electron chi connectivity index (χ2n) is 5.47. The molecule has 0 saturated carbocycles. The van der Waals surface area contributed by atoms with Gasteiger partial charge in [0, 0.05) is 11.3 Å². The quantitative estimate of drug-likeness (QED) is 0.845. The van der Waals surface area contributed by atoms with E-state index in [4.69, 9.17) is 4.74 Å². The summed E-state index contributed by atoms with van der Waals surface area (Å²) in [5.41, 5.74) is 5.08. The van der Waals surface area contributed by atoms with Crippen molar-refractivity contribution in [2.75, 3.05) is 6.61 Å². The van der Waals surface area contributed by atoms with Gasteiger partial charge in [0.05, 0.1) is 18.2 Å². The Kier molecular flexibility index (Phi) is 3.13. The van der Waals surface area contributed by atoms with Crippen LogP contribution in [-0.2, 0) is 0 Å². The standard InChI is InChI=1S/C17H19NO2/c1-10-11(2)16(18-12(10)3)17(19)14-8-9-20-15-7-5-4-6-13(14)15/h4-7,14,18H,8-9H2,1-3H3. The van der Waals surface area contributed by atoms with Crippen molar-refractivity contribution in [2.45, 2.75) is 33.1 Å². The smallest absolute Gasteiger partial charge is 0.186 e. The molecule has 2 aromatic rings. The maximum absolute atomic E-state index is 12.9. The molecule has 1 aliphatic heterocycles. The van der Waals surface area contributed by atoms with Crippen molar-refractivity contribution >= 4 is 5.78 Å². The fourth-order valence-corrected chi connectivity index (χ4v) is 2.88. The summed E-state index contributed by atoms with van der Waals surface area (Å²) in [5.74, 6) is 0.917. The van der Waals surface area contributed by atoms with E-state index in [2.05, 4.69) is 11.9 Å². The van der Waals surface area contributed by atoms with Crippen LogP contribution in [0.5, 0.6) is 5.75 Å². The molecule has 2 heterocycles. The maximum atomic E-state index is 12.9. The first-order valence-electron chi connectivity index (χ1n) is 7.01. The summed E-state index contributed by atoms with van der Waals surface area (Å²) in [6.45, 7) is 6.68. The third-order valence-electron chi connectivity index (χ3n) is 4.33. The van der Waals surface area contributed by atoms with Gasteiger partial charge in [-0.05, 0) is 44.4 Å². The lowest BCUT2D eigenvalue weighted by molar-refractivity contribution is 0.0928. The lowest BCUT2D eigenvalue weighted by atomic mass is 9.87. The second-order valence-corrected chi connectivity index (χ2v) is 5.47. The van der Waals surface area contributed by atoms with Gasteiger partial charge in [0.1, 0.15) is 5.75 Å². The lowest BCUT2D eigenvalue weighted by Crippen LogP contribution is -2.22. The van der Waals surface area contributed by atoms with Gasteiger partial charge in [0.25, 0.3) is 0 Å². The van der Waals surface area contributed by atoms with Gasteiger partial charge in [-0.3, -0.25) is 4.79 Å². The topological polar surface area (TPSA) is 42.1 Å². The zero-order valence-corrected chi connectivity index (χ0v) is 12.1. The van der Waals surface area contributed by atoms with Gasteiger partial charge in [-0.25, -0.2) is 0 Å². The minimum atomic E-state index is -0.101. The lowest BCUT2D eigenvalue weighted by Gasteiger charge is -2.24. The van der Waals surface area contributed by atoms with E-state index in [1.807, 2.05) is 38.1 Å². The van der Waals surface area contributed by atoms with Crippen LogP contribution in [0, 0.1) is 20.8 Å². The van der Waals surface area contributed by atoms with E-state index in [1.54, 1.807) is 0 Å². The van der Waals surface area contributed by atoms with E-state index >= 15 is 0 Å². The second kappa shape index (κ2) is 4.82. The molecule has 3 heteroatoms. The maximum Gasteiger partial charge on any atom is 0.186 e. The van der Waals surface area contributed by atoms with Gasteiger partial charge in [0.2, 0.25) is 0 Å². The van der Waals surface area contributed by atoms with Gasteiger partial charge in [-0.15, -0.1) is 0 Å². The molecule has 0 saturated heterocycles. The first kappa shape index (κ1) is 13.0. The van der Waals surface area contributed by atoms with Crippen molar-refractivity contribution in [3.05, 3.63) is 52.3 Å². The van der Waals surface area contributed by atoms with Gasteiger partial charge in [0.15, 0.2) is 5.78 Å². The van der Waals surface area contributed by atoms with Crippen LogP contribution in [0.25, 0.3) is 0 Å². The number of fused-ring (bicyclic) bond motifs is 1. The van der Waals surface area contributed by atoms with Gasteiger partial charge in [-0.1, -0.05) is 18.2 Å². The number of ketones is 1. The molecule has 0 radical (unpaired) electrons. The van der Waals surface area contributed by atoms with Crippen LogP contribution in [-0.4, -0.2) is 17.4 Å². The number of ether oxygens (including phenoxy) is 1. The highest BCUT2D eigenvalue weighted by Crippen LogP contribution is 2.36. The van der Waals surface area contributed by atoms with Crippen molar-refractivity contribution < 1.29 is 9.53 Å². The number of benzene rings is 1. The average molecular weight is 269 g/mol. The first-order chi connectivity index (χ1) is 9.59. The van der Waals surface area contributed by atoms with Gasteiger partial charge < -0.3 is 9.72 Å². The Balaban J connectivity index is 2.02. The van der Waals surface area contributed by atoms with E-state index in [9.17, 15) is 4.79 Å². The molecule has 104 valence electrons. The number of carbonyl (C=O) groups is 1. The van der Waals surface area contributed by atoms with Crippen LogP contribution < -0.4 is 4.74 Å². The number of aryl methyl sites for hydroxylation is 1. The number of aromatic amines is 1. The average Bonchev–Trinajstić information content (AvgIpc) is 2.73. The van der Waals surface area contributed by atoms with Crippen molar-refractivity contribution in [1.29, 1.82) is 0 Å². The molecule has 1 aromatic carbocycles. The van der Waals surface area contributed by atoms with Crippen LogP contribution in [0.3, 0.4) is 0 Å². The summed E-state index contributed by atoms with van der Waals surface area (Å²) >= 11 is 0. The number of H-pyrrole nitrogens is 1. The molecule has 0 aliphatic carbocycles. The van der Waals surface area contributed by atoms with E-state index in [1.165, 1.54) is 5.56 Å². The van der Waals surface area contributed by atoms with Gasteiger partial charge >= 0.3 is 0 Å². The molecule has 3 nitrogen and oxygen atoms in total. The molecule has 20 heavy (non-hydrogen) atoms. The number of rotatable bonds is 2.